The van der Waals surface area contributed by atoms with Crippen molar-refractivity contribution >= 4 is 38.6 Å². The highest BCUT2D eigenvalue weighted by molar-refractivity contribution is 9.10. The molecule has 3 rings (SSSR count). The molecule has 0 aliphatic rings. The predicted octanol–water partition coefficient (Wildman–Crippen LogP) is 4.11. The van der Waals surface area contributed by atoms with Crippen LogP contribution in [0.1, 0.15) is 37.2 Å². The van der Waals surface area contributed by atoms with E-state index in [1.165, 1.54) is 11.8 Å². The number of thioether (sulfide) groups is 1. The van der Waals surface area contributed by atoms with Crippen LogP contribution in [0.2, 0.25) is 0 Å². The van der Waals surface area contributed by atoms with Crippen molar-refractivity contribution in [2.45, 2.75) is 44.1 Å². The molecule has 1 aromatic carbocycles. The Labute approximate surface area is 151 Å². The maximum absolute atomic E-state index is 12.9. The average molecular weight is 409 g/mol. The topological polar surface area (TPSA) is 73.8 Å². The molecule has 6 nitrogen and oxygen atoms in total. The summed E-state index contributed by atoms with van der Waals surface area (Å²) in [5.74, 6) is 1.13. The van der Waals surface area contributed by atoms with Crippen molar-refractivity contribution in [2.75, 3.05) is 0 Å². The molecule has 0 unspecified atom stereocenters. The highest BCUT2D eigenvalue weighted by Crippen LogP contribution is 2.33. The zero-order valence-electron chi connectivity index (χ0n) is 13.6. The fraction of sp³-hybridized carbons (Fsp3) is 0.375. The minimum atomic E-state index is -0.0888. The van der Waals surface area contributed by atoms with Crippen LogP contribution in [-0.4, -0.2) is 19.7 Å². The lowest BCUT2D eigenvalue weighted by molar-refractivity contribution is 0.376. The van der Waals surface area contributed by atoms with Crippen molar-refractivity contribution in [3.8, 4) is 0 Å². The Morgan fingerprint density at radius 1 is 1.38 bits per heavy atom. The van der Waals surface area contributed by atoms with E-state index in [1.54, 1.807) is 11.5 Å². The molecule has 0 amide bonds. The van der Waals surface area contributed by atoms with E-state index in [1.807, 2.05) is 32.0 Å². The van der Waals surface area contributed by atoms with E-state index in [9.17, 15) is 4.79 Å². The summed E-state index contributed by atoms with van der Waals surface area (Å²) in [6.45, 7) is 6.40. The fourth-order valence-electron chi connectivity index (χ4n) is 2.37. The van der Waals surface area contributed by atoms with Crippen LogP contribution in [0.3, 0.4) is 0 Å². The summed E-state index contributed by atoms with van der Waals surface area (Å²) < 4.78 is 7.82. The molecule has 1 atom stereocenters. The van der Waals surface area contributed by atoms with E-state index in [-0.39, 0.29) is 10.8 Å². The molecule has 0 aliphatic carbocycles. The van der Waals surface area contributed by atoms with Crippen LogP contribution >= 0.6 is 27.7 Å². The first kappa shape index (κ1) is 17.2. The number of hydrogen-bond donors (Lipinski definition) is 0. The number of benzene rings is 1. The van der Waals surface area contributed by atoms with Crippen molar-refractivity contribution in [1.82, 2.24) is 19.7 Å². The van der Waals surface area contributed by atoms with E-state index in [0.717, 1.165) is 10.9 Å². The minimum Gasteiger partial charge on any atom is -0.338 e. The molecular formula is C16H17BrN4O2S. The summed E-state index contributed by atoms with van der Waals surface area (Å²) in [4.78, 5) is 21.8. The Morgan fingerprint density at radius 3 is 2.83 bits per heavy atom. The highest BCUT2D eigenvalue weighted by atomic mass is 79.9. The molecule has 0 radical (unpaired) electrons. The molecule has 8 heteroatoms. The third kappa shape index (κ3) is 3.39. The third-order valence-electron chi connectivity index (χ3n) is 3.50. The maximum atomic E-state index is 12.9. The molecule has 0 spiro atoms. The Kier molecular flexibility index (Phi) is 5.05. The van der Waals surface area contributed by atoms with Crippen LogP contribution in [0.25, 0.3) is 10.9 Å². The van der Waals surface area contributed by atoms with Crippen molar-refractivity contribution in [3.05, 3.63) is 44.7 Å². The first-order valence-corrected chi connectivity index (χ1v) is 9.33. The average Bonchev–Trinajstić information content (AvgIpc) is 2.98. The fourth-order valence-corrected chi connectivity index (χ4v) is 3.70. The van der Waals surface area contributed by atoms with Gasteiger partial charge in [-0.05, 0) is 38.5 Å². The number of aryl methyl sites for hydroxylation is 1. The SMILES string of the molecule is CCCn1c(S[C@@H](C)c2nc(C)no2)nc2ccc(Br)cc2c1=O. The molecular weight excluding hydrogens is 392 g/mol. The summed E-state index contributed by atoms with van der Waals surface area (Å²) in [6.07, 6.45) is 0.850. The van der Waals surface area contributed by atoms with Gasteiger partial charge in [0.25, 0.3) is 5.56 Å². The molecule has 126 valence electrons. The van der Waals surface area contributed by atoms with Gasteiger partial charge in [-0.3, -0.25) is 9.36 Å². The lowest BCUT2D eigenvalue weighted by atomic mass is 10.2. The van der Waals surface area contributed by atoms with E-state index < -0.39 is 0 Å². The van der Waals surface area contributed by atoms with Gasteiger partial charge in [-0.2, -0.15) is 4.98 Å². The molecule has 24 heavy (non-hydrogen) atoms. The van der Waals surface area contributed by atoms with Crippen molar-refractivity contribution < 1.29 is 4.52 Å². The summed E-state index contributed by atoms with van der Waals surface area (Å²) in [5, 5.41) is 5.01. The Morgan fingerprint density at radius 2 is 2.17 bits per heavy atom. The smallest absolute Gasteiger partial charge is 0.262 e. The van der Waals surface area contributed by atoms with E-state index >= 15 is 0 Å². The summed E-state index contributed by atoms with van der Waals surface area (Å²) in [7, 11) is 0. The van der Waals surface area contributed by atoms with Gasteiger partial charge in [0.1, 0.15) is 0 Å². The van der Waals surface area contributed by atoms with Crippen LogP contribution in [-0.2, 0) is 6.54 Å². The third-order valence-corrected chi connectivity index (χ3v) is 5.07. The Hall–Kier alpha value is -1.67. The number of halogens is 1. The van der Waals surface area contributed by atoms with Crippen molar-refractivity contribution in [2.24, 2.45) is 0 Å². The van der Waals surface area contributed by atoms with Crippen LogP contribution in [0.4, 0.5) is 0 Å². The largest absolute Gasteiger partial charge is 0.338 e. The number of hydrogen-bond acceptors (Lipinski definition) is 6. The minimum absolute atomic E-state index is 0.0282. The first-order chi connectivity index (χ1) is 11.5. The van der Waals surface area contributed by atoms with Crippen LogP contribution in [0.15, 0.2) is 37.1 Å². The standard InChI is InChI=1S/C16H17BrN4O2S/c1-4-7-21-15(22)12-8-11(17)5-6-13(12)19-16(21)24-9(2)14-18-10(3)20-23-14/h5-6,8-9H,4,7H2,1-3H3/t9-/m0/s1. The number of fused-ring (bicyclic) bond motifs is 1. The molecule has 3 aromatic rings. The monoisotopic (exact) mass is 408 g/mol. The van der Waals surface area contributed by atoms with Gasteiger partial charge < -0.3 is 4.52 Å². The lowest BCUT2D eigenvalue weighted by Crippen LogP contribution is -2.23. The molecule has 0 bridgehead atoms. The molecule has 2 aromatic heterocycles. The summed E-state index contributed by atoms with van der Waals surface area (Å²) >= 11 is 4.87. The van der Waals surface area contributed by atoms with Gasteiger partial charge >= 0.3 is 0 Å². The Balaban J connectivity index is 2.07. The zero-order chi connectivity index (χ0) is 17.3. The van der Waals surface area contributed by atoms with Crippen LogP contribution < -0.4 is 5.56 Å². The van der Waals surface area contributed by atoms with Gasteiger partial charge in [0.2, 0.25) is 5.89 Å². The van der Waals surface area contributed by atoms with Gasteiger partial charge in [-0.25, -0.2) is 4.98 Å². The molecule has 0 saturated carbocycles. The maximum Gasteiger partial charge on any atom is 0.262 e. The molecule has 0 saturated heterocycles. The number of aromatic nitrogens is 4. The first-order valence-electron chi connectivity index (χ1n) is 7.66. The van der Waals surface area contributed by atoms with Gasteiger partial charge in [0, 0.05) is 11.0 Å². The lowest BCUT2D eigenvalue weighted by Gasteiger charge is -2.14. The highest BCUT2D eigenvalue weighted by Gasteiger charge is 2.19. The number of rotatable bonds is 5. The second kappa shape index (κ2) is 7.06. The molecule has 0 N–H and O–H groups in total. The normalized spacial score (nSPS) is 12.7. The van der Waals surface area contributed by atoms with Gasteiger partial charge in [0.15, 0.2) is 11.0 Å². The van der Waals surface area contributed by atoms with Gasteiger partial charge in [-0.1, -0.05) is 39.8 Å². The number of nitrogens with zero attached hydrogens (tertiary/aromatic N) is 4. The molecule has 0 fully saturated rings. The van der Waals surface area contributed by atoms with E-state index in [2.05, 4.69) is 31.1 Å². The van der Waals surface area contributed by atoms with Gasteiger partial charge in [-0.15, -0.1) is 0 Å². The van der Waals surface area contributed by atoms with Crippen molar-refractivity contribution in [1.29, 1.82) is 0 Å². The van der Waals surface area contributed by atoms with Crippen molar-refractivity contribution in [3.63, 3.8) is 0 Å². The predicted molar refractivity (Wildman–Crippen MR) is 97.3 cm³/mol. The molecule has 0 aliphatic heterocycles. The van der Waals surface area contributed by atoms with E-state index in [4.69, 9.17) is 4.52 Å². The second-order valence-corrected chi connectivity index (χ2v) is 7.68. The van der Waals surface area contributed by atoms with Gasteiger partial charge in [0.05, 0.1) is 16.2 Å². The second-order valence-electron chi connectivity index (χ2n) is 5.45. The quantitative estimate of drug-likeness (QED) is 0.466. The van der Waals surface area contributed by atoms with E-state index in [0.29, 0.717) is 34.3 Å². The summed E-state index contributed by atoms with van der Waals surface area (Å²) in [5.41, 5.74) is 0.659. The Bertz CT molecular complexity index is 937. The van der Waals surface area contributed by atoms with Crippen LogP contribution in [0.5, 0.6) is 0 Å². The summed E-state index contributed by atoms with van der Waals surface area (Å²) in [6, 6.07) is 5.55. The zero-order valence-corrected chi connectivity index (χ0v) is 16.0. The van der Waals surface area contributed by atoms with Crippen LogP contribution in [0, 0.1) is 6.92 Å². The molecule has 2 heterocycles.